The quantitative estimate of drug-likeness (QED) is 0.0941. The maximum Gasteiger partial charge on any atom is 0.126 e. The van der Waals surface area contributed by atoms with Gasteiger partial charge in [-0.3, -0.25) is 9.98 Å². The summed E-state index contributed by atoms with van der Waals surface area (Å²) < 4.78 is 26.9. The number of ether oxygens (including phenoxy) is 4. The van der Waals surface area contributed by atoms with Gasteiger partial charge in [-0.05, 0) is 96.5 Å². The van der Waals surface area contributed by atoms with Gasteiger partial charge in [0.2, 0.25) is 0 Å². The molecule has 2 N–H and O–H groups in total. The zero-order valence-electron chi connectivity index (χ0n) is 36.5. The first-order valence-corrected chi connectivity index (χ1v) is 22.1. The van der Waals surface area contributed by atoms with E-state index in [0.717, 1.165) is 105 Å². The van der Waals surface area contributed by atoms with Crippen LogP contribution in [0.4, 0.5) is 11.4 Å². The van der Waals surface area contributed by atoms with Gasteiger partial charge in [-0.1, -0.05) is 88.4 Å². The molecule has 1 aliphatic rings. The number of fused-ring (bicyclic) bond motifs is 8. The largest absolute Gasteiger partial charge is 0.507 e. The van der Waals surface area contributed by atoms with Crippen LogP contribution in [0.3, 0.4) is 0 Å². The Bertz CT molecular complexity index is 2260. The number of hydrogen-bond acceptors (Lipinski definition) is 8. The minimum absolute atomic E-state index is 0.174. The fourth-order valence-corrected chi connectivity index (χ4v) is 7.84. The number of phenols is 2. The van der Waals surface area contributed by atoms with Crippen LogP contribution in [-0.2, 0) is 25.7 Å². The van der Waals surface area contributed by atoms with Gasteiger partial charge >= 0.3 is 0 Å². The van der Waals surface area contributed by atoms with Crippen LogP contribution in [0, 0.1) is 0 Å². The molecule has 320 valence electrons. The van der Waals surface area contributed by atoms with Gasteiger partial charge in [0, 0.05) is 71.5 Å². The van der Waals surface area contributed by atoms with Crippen LogP contribution in [0.2, 0.25) is 0 Å². The van der Waals surface area contributed by atoms with Crippen molar-refractivity contribution in [2.24, 2.45) is 9.98 Å². The summed E-state index contributed by atoms with van der Waals surface area (Å²) in [6, 6.07) is 35.6. The van der Waals surface area contributed by atoms with Crippen molar-refractivity contribution >= 4 is 23.8 Å². The number of nitrogens with zero attached hydrogens (tertiary/aromatic N) is 2. The summed E-state index contributed by atoms with van der Waals surface area (Å²) in [5.41, 5.74) is 10.9. The molecule has 62 heavy (non-hydrogen) atoms. The highest BCUT2D eigenvalue weighted by Gasteiger charge is 2.23. The van der Waals surface area contributed by atoms with E-state index in [1.54, 1.807) is 36.7 Å². The van der Waals surface area contributed by atoms with Gasteiger partial charge in [0.1, 0.15) is 34.5 Å². The van der Waals surface area contributed by atoms with E-state index in [0.29, 0.717) is 63.2 Å². The normalized spacial score (nSPS) is 12.5. The highest BCUT2D eigenvalue weighted by molar-refractivity contribution is 5.86. The number of hydrogen-bond donors (Lipinski definition) is 2. The zero-order valence-corrected chi connectivity index (χ0v) is 36.5. The molecule has 0 amide bonds. The van der Waals surface area contributed by atoms with E-state index in [-0.39, 0.29) is 11.5 Å². The molecule has 0 heterocycles. The predicted molar refractivity (Wildman–Crippen MR) is 251 cm³/mol. The fourth-order valence-electron chi connectivity index (χ4n) is 7.84. The lowest BCUT2D eigenvalue weighted by Gasteiger charge is -2.23. The standard InChI is InChI=1S/C54H58N2O6/c1-5-23-59-51-37-17-13-18-38(51)28-44-32-48(56-36-42-16-10-12-22-50(42)58)34-46(54(44)62-26-8-4)30-40-20-14-19-39(52(40)60-24-6-2)29-45-33-47(31-43(27-37)53(45)61-25-7-3)55-35-41-15-9-11-21-49(41)57/h9-22,31-36,57-58H,5-8,23-30H2,1-4H3. The van der Waals surface area contributed by atoms with Gasteiger partial charge in [0.25, 0.3) is 0 Å². The molecule has 0 unspecified atom stereocenters. The SMILES string of the molecule is CCCOc1c2cccc1Cc1cc(N=Cc3ccccc3O)cc(c1OCCC)Cc1cccc(c1OCCC)Cc1cc(N=Cc3ccccc3O)cc(c1OCCC)C2. The molecule has 6 aromatic carbocycles. The molecule has 6 aromatic rings. The lowest BCUT2D eigenvalue weighted by atomic mass is 9.90. The summed E-state index contributed by atoms with van der Waals surface area (Å²) in [5.74, 6) is 3.72. The molecule has 0 atom stereocenters. The van der Waals surface area contributed by atoms with Crippen LogP contribution in [0.1, 0.15) is 109 Å². The van der Waals surface area contributed by atoms with Crippen molar-refractivity contribution in [1.82, 2.24) is 0 Å². The first-order valence-electron chi connectivity index (χ1n) is 22.1. The van der Waals surface area contributed by atoms with Crippen molar-refractivity contribution < 1.29 is 29.2 Å². The summed E-state index contributed by atoms with van der Waals surface area (Å²) in [5, 5.41) is 21.2. The van der Waals surface area contributed by atoms with Gasteiger partial charge in [-0.15, -0.1) is 0 Å². The van der Waals surface area contributed by atoms with Crippen LogP contribution in [0.5, 0.6) is 34.5 Å². The van der Waals surface area contributed by atoms with E-state index in [1.165, 1.54) is 0 Å². The predicted octanol–water partition coefficient (Wildman–Crippen LogP) is 12.4. The second-order valence-corrected chi connectivity index (χ2v) is 15.7. The van der Waals surface area contributed by atoms with Gasteiger partial charge in [-0.25, -0.2) is 0 Å². The smallest absolute Gasteiger partial charge is 0.126 e. The fraction of sp³-hybridized carbons (Fsp3) is 0.296. The molecule has 8 bridgehead atoms. The topological polar surface area (TPSA) is 102 Å². The third kappa shape index (κ3) is 10.7. The number of rotatable bonds is 16. The van der Waals surface area contributed by atoms with E-state index in [9.17, 15) is 10.2 Å². The molecule has 0 aromatic heterocycles. The number of aromatic hydroxyl groups is 2. The van der Waals surface area contributed by atoms with Gasteiger partial charge in [-0.2, -0.15) is 0 Å². The molecule has 8 heteroatoms. The zero-order chi connectivity index (χ0) is 43.3. The molecule has 0 aliphatic heterocycles. The Morgan fingerprint density at radius 3 is 0.984 bits per heavy atom. The average molecular weight is 831 g/mol. The number of phenolic OH excluding ortho intramolecular Hbond substituents is 2. The molecule has 0 spiro atoms. The summed E-state index contributed by atoms with van der Waals surface area (Å²) in [6.07, 6.45) is 8.99. The van der Waals surface area contributed by atoms with Crippen molar-refractivity contribution in [2.45, 2.75) is 79.1 Å². The number of aliphatic imine (C=N–C) groups is 2. The van der Waals surface area contributed by atoms with Gasteiger partial charge in [0.05, 0.1) is 37.8 Å². The number of benzene rings is 6. The maximum atomic E-state index is 10.6. The van der Waals surface area contributed by atoms with Crippen LogP contribution >= 0.6 is 0 Å². The maximum absolute atomic E-state index is 10.6. The molecule has 1 aliphatic carbocycles. The Hall–Kier alpha value is -6.54. The molecule has 0 radical (unpaired) electrons. The van der Waals surface area contributed by atoms with Crippen molar-refractivity contribution in [1.29, 1.82) is 0 Å². The van der Waals surface area contributed by atoms with E-state index in [4.69, 9.17) is 28.9 Å². The second kappa shape index (κ2) is 21.3. The molecular weight excluding hydrogens is 773 g/mol. The Kier molecular flexibility index (Phi) is 15.0. The van der Waals surface area contributed by atoms with Crippen LogP contribution < -0.4 is 18.9 Å². The van der Waals surface area contributed by atoms with E-state index >= 15 is 0 Å². The van der Waals surface area contributed by atoms with Gasteiger partial charge < -0.3 is 29.2 Å². The van der Waals surface area contributed by atoms with E-state index in [2.05, 4.69) is 88.4 Å². The highest BCUT2D eigenvalue weighted by Crippen LogP contribution is 2.42. The third-order valence-corrected chi connectivity index (χ3v) is 10.7. The summed E-state index contributed by atoms with van der Waals surface area (Å²) >= 11 is 0. The van der Waals surface area contributed by atoms with Crippen LogP contribution in [-0.4, -0.2) is 49.1 Å². The minimum atomic E-state index is 0.174. The molecule has 8 nitrogen and oxygen atoms in total. The first kappa shape index (κ1) is 43.5. The summed E-state index contributed by atoms with van der Waals surface area (Å²) in [6.45, 7) is 10.7. The lowest BCUT2D eigenvalue weighted by molar-refractivity contribution is 0.304. The Labute approximate surface area is 366 Å². The average Bonchev–Trinajstić information content (AvgIpc) is 3.27. The lowest BCUT2D eigenvalue weighted by Crippen LogP contribution is -2.10. The Morgan fingerprint density at radius 1 is 0.403 bits per heavy atom. The van der Waals surface area contributed by atoms with Crippen molar-refractivity contribution in [3.63, 3.8) is 0 Å². The van der Waals surface area contributed by atoms with Crippen molar-refractivity contribution in [3.8, 4) is 34.5 Å². The molecular formula is C54H58N2O6. The van der Waals surface area contributed by atoms with Gasteiger partial charge in [0.15, 0.2) is 0 Å². The highest BCUT2D eigenvalue weighted by atomic mass is 16.5. The second-order valence-electron chi connectivity index (χ2n) is 15.7. The molecule has 0 saturated heterocycles. The van der Waals surface area contributed by atoms with Crippen LogP contribution in [0.15, 0.2) is 119 Å². The summed E-state index contributed by atoms with van der Waals surface area (Å²) in [4.78, 5) is 9.90. The Morgan fingerprint density at radius 2 is 0.694 bits per heavy atom. The Balaban J connectivity index is 1.48. The molecule has 7 rings (SSSR count). The molecule has 0 fully saturated rings. The van der Waals surface area contributed by atoms with Crippen molar-refractivity contribution in [3.05, 3.63) is 165 Å². The van der Waals surface area contributed by atoms with Crippen molar-refractivity contribution in [2.75, 3.05) is 26.4 Å². The van der Waals surface area contributed by atoms with Crippen LogP contribution in [0.25, 0.3) is 0 Å². The summed E-state index contributed by atoms with van der Waals surface area (Å²) in [7, 11) is 0. The van der Waals surface area contributed by atoms with E-state index in [1.807, 2.05) is 24.3 Å². The molecule has 0 saturated carbocycles. The first-order chi connectivity index (χ1) is 30.4. The third-order valence-electron chi connectivity index (χ3n) is 10.7. The number of para-hydroxylation sites is 4. The minimum Gasteiger partial charge on any atom is -0.507 e. The monoisotopic (exact) mass is 830 g/mol. The van der Waals surface area contributed by atoms with E-state index < -0.39 is 0 Å².